The van der Waals surface area contributed by atoms with E-state index in [1.807, 2.05) is 24.3 Å². The van der Waals surface area contributed by atoms with Crippen molar-refractivity contribution in [2.24, 2.45) is 0 Å². The van der Waals surface area contributed by atoms with Gasteiger partial charge in [-0.2, -0.15) is 0 Å². The number of pyridine rings is 1. The van der Waals surface area contributed by atoms with Crippen molar-refractivity contribution in [3.05, 3.63) is 78.3 Å². The molecule has 0 saturated carbocycles. The molecule has 1 atom stereocenters. The normalized spacial score (nSPS) is 17.0. The van der Waals surface area contributed by atoms with Crippen molar-refractivity contribution in [3.8, 4) is 0 Å². The second kappa shape index (κ2) is 8.37. The van der Waals surface area contributed by atoms with Gasteiger partial charge < -0.3 is 10.6 Å². The highest BCUT2D eigenvalue weighted by Gasteiger charge is 2.21. The minimum Gasteiger partial charge on any atom is -0.365 e. The van der Waals surface area contributed by atoms with Gasteiger partial charge in [0.05, 0.1) is 16.8 Å². The van der Waals surface area contributed by atoms with E-state index >= 15 is 0 Å². The molecular weight excluding hydrogens is 427 g/mol. The molecule has 1 aliphatic rings. The predicted molar refractivity (Wildman–Crippen MR) is 127 cm³/mol. The Kier molecular flexibility index (Phi) is 5.40. The highest BCUT2D eigenvalue weighted by atomic mass is 32.2. The first kappa shape index (κ1) is 20.7. The number of hydrogen-bond donors (Lipinski definition) is 2. The molecule has 0 amide bonds. The molecule has 3 heterocycles. The van der Waals surface area contributed by atoms with Crippen molar-refractivity contribution in [2.75, 3.05) is 24.2 Å². The highest BCUT2D eigenvalue weighted by Crippen LogP contribution is 2.32. The average molecular weight is 451 g/mol. The third-order valence-corrected chi connectivity index (χ3v) is 7.20. The molecule has 6 nitrogen and oxygen atoms in total. The van der Waals surface area contributed by atoms with Crippen LogP contribution in [0.15, 0.2) is 66.9 Å². The van der Waals surface area contributed by atoms with Crippen LogP contribution in [0.25, 0.3) is 27.9 Å². The topological polar surface area (TPSA) is 76.0 Å². The fourth-order valence-electron chi connectivity index (χ4n) is 4.09. The van der Waals surface area contributed by atoms with E-state index < -0.39 is 10.0 Å². The van der Waals surface area contributed by atoms with Gasteiger partial charge in [-0.1, -0.05) is 42.5 Å². The summed E-state index contributed by atoms with van der Waals surface area (Å²) in [7, 11) is -3.67. The molecule has 0 aliphatic carbocycles. The van der Waals surface area contributed by atoms with Crippen molar-refractivity contribution in [2.45, 2.75) is 12.5 Å². The minimum atomic E-state index is -3.67. The molecule has 1 aliphatic heterocycles. The molecule has 2 N–H and O–H groups in total. The quantitative estimate of drug-likeness (QED) is 0.465. The summed E-state index contributed by atoms with van der Waals surface area (Å²) in [6.07, 6.45) is 5.85. The lowest BCUT2D eigenvalue weighted by atomic mass is 10.1. The number of benzene rings is 2. The molecule has 0 radical (unpaired) electrons. The van der Waals surface area contributed by atoms with Crippen molar-refractivity contribution in [3.63, 3.8) is 0 Å². The molecule has 0 bridgehead atoms. The van der Waals surface area contributed by atoms with Gasteiger partial charge in [-0.25, -0.2) is 21.8 Å². The molecule has 1 unspecified atom stereocenters. The Morgan fingerprint density at radius 1 is 1.12 bits per heavy atom. The summed E-state index contributed by atoms with van der Waals surface area (Å²) in [6.45, 7) is 1.80. The van der Waals surface area contributed by atoms with Crippen LogP contribution in [0.2, 0.25) is 0 Å². The Morgan fingerprint density at radius 2 is 1.94 bits per heavy atom. The summed E-state index contributed by atoms with van der Waals surface area (Å²) >= 11 is 0. The summed E-state index contributed by atoms with van der Waals surface area (Å²) in [5, 5.41) is 8.38. The zero-order valence-electron chi connectivity index (χ0n) is 17.3. The third-order valence-electron chi connectivity index (χ3n) is 5.69. The number of halogens is 1. The zero-order valence-corrected chi connectivity index (χ0v) is 18.1. The van der Waals surface area contributed by atoms with E-state index in [9.17, 15) is 12.8 Å². The van der Waals surface area contributed by atoms with E-state index in [2.05, 4.69) is 10.6 Å². The maximum atomic E-state index is 13.3. The number of anilines is 1. The molecule has 1 fully saturated rings. The largest absolute Gasteiger partial charge is 0.365 e. The van der Waals surface area contributed by atoms with Gasteiger partial charge in [0.15, 0.2) is 0 Å². The third kappa shape index (κ3) is 3.99. The molecule has 0 spiro atoms. The van der Waals surface area contributed by atoms with Gasteiger partial charge in [0.25, 0.3) is 0 Å². The van der Waals surface area contributed by atoms with Gasteiger partial charge >= 0.3 is 0 Å². The van der Waals surface area contributed by atoms with E-state index in [1.165, 1.54) is 16.1 Å². The Balaban J connectivity index is 1.54. The molecule has 1 saturated heterocycles. The van der Waals surface area contributed by atoms with Crippen LogP contribution < -0.4 is 10.6 Å². The van der Waals surface area contributed by atoms with E-state index in [4.69, 9.17) is 4.98 Å². The SMILES string of the molecule is O=S(=O)(CC=Cc1ccc(F)cc1)n1ccc2c(NC3CCNC3)nc3ccccc3c21. The first-order valence-corrected chi connectivity index (χ1v) is 12.1. The van der Waals surface area contributed by atoms with E-state index in [1.54, 1.807) is 36.5 Å². The summed E-state index contributed by atoms with van der Waals surface area (Å²) in [4.78, 5) is 4.78. The van der Waals surface area contributed by atoms with Gasteiger partial charge in [-0.05, 0) is 42.8 Å². The van der Waals surface area contributed by atoms with Crippen LogP contribution in [-0.4, -0.2) is 42.3 Å². The predicted octanol–water partition coefficient (Wildman–Crippen LogP) is 3.99. The van der Waals surface area contributed by atoms with Crippen molar-refractivity contribution >= 4 is 43.7 Å². The number of para-hydroxylation sites is 1. The van der Waals surface area contributed by atoms with E-state index in [0.29, 0.717) is 11.3 Å². The summed E-state index contributed by atoms with van der Waals surface area (Å²) in [5.74, 6) is 0.190. The molecule has 32 heavy (non-hydrogen) atoms. The van der Waals surface area contributed by atoms with Gasteiger partial charge in [-0.3, -0.25) is 0 Å². The van der Waals surface area contributed by atoms with Gasteiger partial charge in [0.1, 0.15) is 11.6 Å². The fourth-order valence-corrected chi connectivity index (χ4v) is 5.32. The van der Waals surface area contributed by atoms with Crippen molar-refractivity contribution in [1.82, 2.24) is 14.3 Å². The summed E-state index contributed by atoms with van der Waals surface area (Å²) in [5.41, 5.74) is 2.11. The van der Waals surface area contributed by atoms with Crippen LogP contribution in [0.3, 0.4) is 0 Å². The second-order valence-electron chi connectivity index (χ2n) is 7.92. The van der Waals surface area contributed by atoms with E-state index in [-0.39, 0.29) is 17.6 Å². The fraction of sp³-hybridized carbons (Fsp3) is 0.208. The Hall–Kier alpha value is -3.23. The zero-order chi connectivity index (χ0) is 22.1. The second-order valence-corrected chi connectivity index (χ2v) is 9.81. The standard InChI is InChI=1S/C24H23FN4O2S/c25-18-9-7-17(8-10-18)4-3-15-32(30,31)29-14-12-21-23(29)20-5-1-2-6-22(20)28-24(21)27-19-11-13-26-16-19/h1-10,12,14,19,26H,11,13,15-16H2,(H,27,28). The molecule has 4 aromatic rings. The molecular formula is C24H23FN4O2S. The lowest BCUT2D eigenvalue weighted by Crippen LogP contribution is -2.23. The number of nitrogens with zero attached hydrogens (tertiary/aromatic N) is 2. The van der Waals surface area contributed by atoms with Gasteiger partial charge in [-0.15, -0.1) is 0 Å². The maximum absolute atomic E-state index is 13.3. The van der Waals surface area contributed by atoms with Crippen molar-refractivity contribution < 1.29 is 12.8 Å². The minimum absolute atomic E-state index is 0.180. The Bertz CT molecular complexity index is 1410. The number of nitrogens with one attached hydrogen (secondary N) is 2. The lowest BCUT2D eigenvalue weighted by Gasteiger charge is -2.15. The van der Waals surface area contributed by atoms with Crippen molar-refractivity contribution in [1.29, 1.82) is 0 Å². The van der Waals surface area contributed by atoms with Crippen LogP contribution in [0.4, 0.5) is 10.2 Å². The number of hydrogen-bond acceptors (Lipinski definition) is 5. The van der Waals surface area contributed by atoms with Gasteiger partial charge in [0, 0.05) is 29.6 Å². The summed E-state index contributed by atoms with van der Waals surface area (Å²) in [6, 6.07) is 15.5. The smallest absolute Gasteiger partial charge is 0.242 e. The lowest BCUT2D eigenvalue weighted by molar-refractivity contribution is 0.592. The van der Waals surface area contributed by atoms with Crippen LogP contribution >= 0.6 is 0 Å². The first-order valence-electron chi connectivity index (χ1n) is 10.5. The van der Waals surface area contributed by atoms with Gasteiger partial charge in [0.2, 0.25) is 10.0 Å². The average Bonchev–Trinajstić information content (AvgIpc) is 3.46. The summed E-state index contributed by atoms with van der Waals surface area (Å²) < 4.78 is 40.9. The molecule has 164 valence electrons. The van der Waals surface area contributed by atoms with Crippen LogP contribution in [-0.2, 0) is 10.0 Å². The molecule has 8 heteroatoms. The molecule has 5 rings (SSSR count). The Labute approximate surface area is 185 Å². The monoisotopic (exact) mass is 450 g/mol. The Morgan fingerprint density at radius 3 is 2.72 bits per heavy atom. The van der Waals surface area contributed by atoms with Crippen LogP contribution in [0, 0.1) is 5.82 Å². The highest BCUT2D eigenvalue weighted by molar-refractivity contribution is 7.90. The van der Waals surface area contributed by atoms with E-state index in [0.717, 1.165) is 41.4 Å². The van der Waals surface area contributed by atoms with Crippen LogP contribution in [0.1, 0.15) is 12.0 Å². The number of fused-ring (bicyclic) bond motifs is 3. The first-order chi connectivity index (χ1) is 15.5. The van der Waals surface area contributed by atoms with Crippen LogP contribution in [0.5, 0.6) is 0 Å². The number of aromatic nitrogens is 2. The maximum Gasteiger partial charge on any atom is 0.242 e. The number of rotatable bonds is 6. The molecule has 2 aromatic carbocycles. The molecule has 2 aromatic heterocycles.